The summed E-state index contributed by atoms with van der Waals surface area (Å²) in [6.45, 7) is 0.372. The van der Waals surface area contributed by atoms with E-state index in [1.807, 2.05) is 41.8 Å². The van der Waals surface area contributed by atoms with E-state index in [0.717, 1.165) is 20.9 Å². The first kappa shape index (κ1) is 14.1. The van der Waals surface area contributed by atoms with Crippen molar-refractivity contribution >= 4 is 33.2 Å². The first-order chi connectivity index (χ1) is 10.2. The monoisotopic (exact) mass is 361 g/mol. The van der Waals surface area contributed by atoms with Crippen molar-refractivity contribution in [3.8, 4) is 10.6 Å². The molecule has 1 aromatic carbocycles. The quantitative estimate of drug-likeness (QED) is 0.731. The van der Waals surface area contributed by atoms with E-state index in [1.54, 1.807) is 23.5 Å². The molecule has 0 saturated carbocycles. The first-order valence-electron chi connectivity index (χ1n) is 6.39. The maximum absolute atomic E-state index is 12.0. The molecule has 0 atom stereocenters. The Hall–Kier alpha value is -1.85. The Morgan fingerprint density at radius 1 is 1.19 bits per heavy atom. The van der Waals surface area contributed by atoms with Crippen molar-refractivity contribution in [1.82, 2.24) is 5.32 Å². The van der Waals surface area contributed by atoms with E-state index >= 15 is 0 Å². The van der Waals surface area contributed by atoms with E-state index in [9.17, 15) is 4.79 Å². The molecule has 0 aliphatic carbocycles. The second kappa shape index (κ2) is 6.28. The summed E-state index contributed by atoms with van der Waals surface area (Å²) in [7, 11) is 0. The lowest BCUT2D eigenvalue weighted by atomic mass is 10.2. The highest BCUT2D eigenvalue weighted by Gasteiger charge is 2.09. The Balaban J connectivity index is 1.64. The maximum atomic E-state index is 12.0. The largest absolute Gasteiger partial charge is 0.458 e. The Kier molecular flexibility index (Phi) is 4.22. The van der Waals surface area contributed by atoms with Crippen molar-refractivity contribution in [2.45, 2.75) is 6.54 Å². The van der Waals surface area contributed by atoms with Crippen molar-refractivity contribution in [2.75, 3.05) is 0 Å². The molecule has 0 bridgehead atoms. The van der Waals surface area contributed by atoms with Crippen molar-refractivity contribution in [1.29, 1.82) is 0 Å². The molecule has 21 heavy (non-hydrogen) atoms. The van der Waals surface area contributed by atoms with Crippen LogP contribution in [0.25, 0.3) is 10.6 Å². The zero-order valence-electron chi connectivity index (χ0n) is 11.0. The lowest BCUT2D eigenvalue weighted by Crippen LogP contribution is -2.22. The molecule has 1 N–H and O–H groups in total. The summed E-state index contributed by atoms with van der Waals surface area (Å²) in [5, 5.41) is 4.86. The van der Waals surface area contributed by atoms with Gasteiger partial charge in [-0.05, 0) is 41.8 Å². The minimum absolute atomic E-state index is 0.120. The van der Waals surface area contributed by atoms with Crippen LogP contribution in [-0.2, 0) is 6.54 Å². The van der Waals surface area contributed by atoms with Crippen LogP contribution in [0.3, 0.4) is 0 Å². The third-order valence-corrected chi connectivity index (χ3v) is 4.31. The molecule has 0 aliphatic heterocycles. The number of hydrogen-bond donors (Lipinski definition) is 1. The number of nitrogens with one attached hydrogen (secondary N) is 1. The van der Waals surface area contributed by atoms with E-state index < -0.39 is 0 Å². The van der Waals surface area contributed by atoms with Crippen LogP contribution in [0.15, 0.2) is 62.8 Å². The standard InChI is InChI=1S/C16H12BrNO2S/c17-12-4-1-3-11(9-12)16(19)18-10-13-6-7-14(20-13)15-5-2-8-21-15/h1-9H,10H2,(H,18,19). The fourth-order valence-electron chi connectivity index (χ4n) is 1.92. The summed E-state index contributed by atoms with van der Waals surface area (Å²) in [4.78, 5) is 13.1. The van der Waals surface area contributed by atoms with Gasteiger partial charge in [-0.15, -0.1) is 11.3 Å². The van der Waals surface area contributed by atoms with E-state index in [4.69, 9.17) is 4.42 Å². The molecule has 0 unspecified atom stereocenters. The molecule has 0 radical (unpaired) electrons. The Labute approximate surface area is 134 Å². The molecule has 3 rings (SSSR count). The highest BCUT2D eigenvalue weighted by Crippen LogP contribution is 2.26. The number of furan rings is 1. The van der Waals surface area contributed by atoms with Gasteiger partial charge in [0.05, 0.1) is 11.4 Å². The van der Waals surface area contributed by atoms with Gasteiger partial charge >= 0.3 is 0 Å². The third kappa shape index (κ3) is 3.43. The Bertz CT molecular complexity index is 749. The van der Waals surface area contributed by atoms with Crippen LogP contribution in [0.1, 0.15) is 16.1 Å². The second-order valence-electron chi connectivity index (χ2n) is 4.44. The van der Waals surface area contributed by atoms with Crippen molar-refractivity contribution < 1.29 is 9.21 Å². The van der Waals surface area contributed by atoms with Crippen molar-refractivity contribution in [2.24, 2.45) is 0 Å². The summed E-state index contributed by atoms with van der Waals surface area (Å²) in [6, 6.07) is 15.1. The lowest BCUT2D eigenvalue weighted by molar-refractivity contribution is 0.0948. The number of carbonyl (C=O) groups is 1. The van der Waals surface area contributed by atoms with Gasteiger partial charge in [-0.2, -0.15) is 0 Å². The summed E-state index contributed by atoms with van der Waals surface area (Å²) < 4.78 is 6.61. The predicted molar refractivity (Wildman–Crippen MR) is 87.3 cm³/mol. The molecule has 0 spiro atoms. The summed E-state index contributed by atoms with van der Waals surface area (Å²) in [5.41, 5.74) is 0.620. The van der Waals surface area contributed by atoms with Gasteiger partial charge in [0.15, 0.2) is 0 Å². The van der Waals surface area contributed by atoms with Gasteiger partial charge in [-0.3, -0.25) is 4.79 Å². The smallest absolute Gasteiger partial charge is 0.251 e. The minimum atomic E-state index is -0.120. The highest BCUT2D eigenvalue weighted by atomic mass is 79.9. The average Bonchev–Trinajstić information content (AvgIpc) is 3.15. The minimum Gasteiger partial charge on any atom is -0.458 e. The first-order valence-corrected chi connectivity index (χ1v) is 8.06. The summed E-state index contributed by atoms with van der Waals surface area (Å²) in [6.07, 6.45) is 0. The zero-order valence-corrected chi connectivity index (χ0v) is 13.4. The number of halogens is 1. The van der Waals surface area contributed by atoms with E-state index in [0.29, 0.717) is 12.1 Å². The highest BCUT2D eigenvalue weighted by molar-refractivity contribution is 9.10. The van der Waals surface area contributed by atoms with Crippen LogP contribution in [0.2, 0.25) is 0 Å². The predicted octanol–water partition coefficient (Wildman–Crippen LogP) is 4.70. The van der Waals surface area contributed by atoms with Crippen LogP contribution in [-0.4, -0.2) is 5.91 Å². The molecule has 0 saturated heterocycles. The number of carbonyl (C=O) groups excluding carboxylic acids is 1. The number of benzene rings is 1. The Morgan fingerprint density at radius 2 is 2.10 bits per heavy atom. The van der Waals surface area contributed by atoms with E-state index in [-0.39, 0.29) is 5.91 Å². The SMILES string of the molecule is O=C(NCc1ccc(-c2cccs2)o1)c1cccc(Br)c1. The molecule has 1 amide bonds. The van der Waals surface area contributed by atoms with Crippen LogP contribution in [0.5, 0.6) is 0 Å². The molecule has 5 heteroatoms. The van der Waals surface area contributed by atoms with Gasteiger partial charge in [-0.1, -0.05) is 28.1 Å². The van der Waals surface area contributed by atoms with Gasteiger partial charge < -0.3 is 9.73 Å². The fraction of sp³-hybridized carbons (Fsp3) is 0.0625. The van der Waals surface area contributed by atoms with Gasteiger partial charge in [0.2, 0.25) is 0 Å². The van der Waals surface area contributed by atoms with E-state index in [1.165, 1.54) is 0 Å². The molecule has 0 aliphatic rings. The molecule has 3 aromatic rings. The van der Waals surface area contributed by atoms with Crippen LogP contribution < -0.4 is 5.32 Å². The fourth-order valence-corrected chi connectivity index (χ4v) is 3.01. The molecule has 3 nitrogen and oxygen atoms in total. The van der Waals surface area contributed by atoms with Gasteiger partial charge in [0.25, 0.3) is 5.91 Å². The molecular weight excluding hydrogens is 350 g/mol. The van der Waals surface area contributed by atoms with Crippen molar-refractivity contribution in [3.05, 3.63) is 69.7 Å². The zero-order chi connectivity index (χ0) is 14.7. The van der Waals surface area contributed by atoms with Gasteiger partial charge in [0.1, 0.15) is 11.5 Å². The van der Waals surface area contributed by atoms with E-state index in [2.05, 4.69) is 21.2 Å². The number of rotatable bonds is 4. The van der Waals surface area contributed by atoms with Gasteiger partial charge in [-0.25, -0.2) is 0 Å². The normalized spacial score (nSPS) is 10.5. The van der Waals surface area contributed by atoms with Crippen LogP contribution in [0.4, 0.5) is 0 Å². The van der Waals surface area contributed by atoms with Crippen LogP contribution >= 0.6 is 27.3 Å². The second-order valence-corrected chi connectivity index (χ2v) is 6.30. The van der Waals surface area contributed by atoms with Crippen molar-refractivity contribution in [3.63, 3.8) is 0 Å². The maximum Gasteiger partial charge on any atom is 0.251 e. The molecule has 0 fully saturated rings. The number of thiophene rings is 1. The average molecular weight is 362 g/mol. The molecule has 106 valence electrons. The summed E-state index contributed by atoms with van der Waals surface area (Å²) >= 11 is 4.98. The number of hydrogen-bond acceptors (Lipinski definition) is 3. The lowest BCUT2D eigenvalue weighted by Gasteiger charge is -2.03. The molecule has 2 aromatic heterocycles. The summed E-state index contributed by atoms with van der Waals surface area (Å²) in [5.74, 6) is 1.45. The topological polar surface area (TPSA) is 42.2 Å². The molecular formula is C16H12BrNO2S. The Morgan fingerprint density at radius 3 is 2.86 bits per heavy atom. The van der Waals surface area contributed by atoms with Gasteiger partial charge in [0, 0.05) is 10.0 Å². The third-order valence-electron chi connectivity index (χ3n) is 2.94. The van der Waals surface area contributed by atoms with Crippen LogP contribution in [0, 0.1) is 0 Å². The number of amides is 1. The molecule has 2 heterocycles.